The van der Waals surface area contributed by atoms with E-state index >= 15 is 0 Å². The Hall–Kier alpha value is -0.370. The molecule has 0 amide bonds. The van der Waals surface area contributed by atoms with Crippen LogP contribution in [0.3, 0.4) is 0 Å². The summed E-state index contributed by atoms with van der Waals surface area (Å²) in [5.41, 5.74) is -5.40. The molecule has 0 spiro atoms. The van der Waals surface area contributed by atoms with Crippen LogP contribution in [-0.2, 0) is 14.6 Å². The standard InChI is InChI=1S/C11H17F3O3S2/c1-18(2)10(19(16,17)11(12,13)14)9(15)8-6-4-3-5-7-8/h8H,3-7H2,1-2H3. The molecule has 0 aromatic heterocycles. The third kappa shape index (κ3) is 3.59. The van der Waals surface area contributed by atoms with Crippen LogP contribution < -0.4 is 0 Å². The number of Topliss-reactive ketones (excluding diaryl/α,β-unsaturated/α-hetero) is 1. The van der Waals surface area contributed by atoms with E-state index in [0.29, 0.717) is 12.8 Å². The third-order valence-electron chi connectivity index (χ3n) is 3.10. The molecule has 0 atom stereocenters. The second kappa shape index (κ2) is 5.95. The molecule has 1 aliphatic rings. The van der Waals surface area contributed by atoms with Gasteiger partial charge in [0.1, 0.15) is 4.20 Å². The summed E-state index contributed by atoms with van der Waals surface area (Å²) in [7, 11) is -6.75. The predicted molar refractivity (Wildman–Crippen MR) is 71.0 cm³/mol. The van der Waals surface area contributed by atoms with Crippen LogP contribution in [0.1, 0.15) is 32.1 Å². The average molecular weight is 318 g/mol. The first kappa shape index (κ1) is 16.7. The molecule has 0 heterocycles. The number of hydrogen-bond donors (Lipinski definition) is 0. The molecular formula is C11H17F3O3S2. The van der Waals surface area contributed by atoms with E-state index < -0.39 is 41.7 Å². The van der Waals surface area contributed by atoms with Crippen LogP contribution in [-0.4, -0.2) is 36.4 Å². The first-order chi connectivity index (χ1) is 8.59. The van der Waals surface area contributed by atoms with E-state index in [1.165, 1.54) is 12.5 Å². The second-order valence-corrected chi connectivity index (χ2v) is 8.93. The molecule has 1 aliphatic carbocycles. The molecular weight excluding hydrogens is 301 g/mol. The first-order valence-corrected chi connectivity index (χ1v) is 9.41. The van der Waals surface area contributed by atoms with Crippen molar-refractivity contribution in [1.82, 2.24) is 0 Å². The van der Waals surface area contributed by atoms with E-state index in [1.807, 2.05) is 0 Å². The van der Waals surface area contributed by atoms with Crippen molar-refractivity contribution in [2.24, 2.45) is 5.92 Å². The van der Waals surface area contributed by atoms with Gasteiger partial charge in [0.05, 0.1) is 0 Å². The van der Waals surface area contributed by atoms with Gasteiger partial charge in [-0.15, -0.1) is 0 Å². The fourth-order valence-electron chi connectivity index (χ4n) is 2.19. The van der Waals surface area contributed by atoms with Crippen molar-refractivity contribution in [3.05, 3.63) is 0 Å². The molecule has 0 saturated heterocycles. The molecule has 1 fully saturated rings. The van der Waals surface area contributed by atoms with Crippen molar-refractivity contribution < 1.29 is 26.4 Å². The number of hydrogen-bond acceptors (Lipinski definition) is 3. The minimum absolute atomic E-state index is 0.479. The Morgan fingerprint density at radius 2 is 1.58 bits per heavy atom. The maximum absolute atomic E-state index is 12.6. The molecule has 0 aromatic carbocycles. The maximum Gasteiger partial charge on any atom is 0.502 e. The molecule has 0 N–H and O–H groups in total. The number of rotatable bonds is 2. The van der Waals surface area contributed by atoms with Gasteiger partial charge in [-0.1, -0.05) is 19.3 Å². The van der Waals surface area contributed by atoms with Crippen molar-refractivity contribution >= 4 is 30.3 Å². The van der Waals surface area contributed by atoms with Gasteiger partial charge in [0.15, 0.2) is 5.78 Å². The Morgan fingerprint density at radius 1 is 1.11 bits per heavy atom. The van der Waals surface area contributed by atoms with Crippen molar-refractivity contribution in [1.29, 1.82) is 0 Å². The number of carbonyl (C=O) groups is 1. The predicted octanol–water partition coefficient (Wildman–Crippen LogP) is 2.73. The molecule has 19 heavy (non-hydrogen) atoms. The number of sulfone groups is 1. The summed E-state index contributed by atoms with van der Waals surface area (Å²) >= 11 is 0. The summed E-state index contributed by atoms with van der Waals surface area (Å²) in [4.78, 5) is 12.1. The lowest BCUT2D eigenvalue weighted by Crippen LogP contribution is -2.38. The summed E-state index contributed by atoms with van der Waals surface area (Å²) in [6.07, 6.45) is 6.08. The van der Waals surface area contributed by atoms with E-state index in [9.17, 15) is 26.4 Å². The zero-order valence-corrected chi connectivity index (χ0v) is 12.4. The summed E-state index contributed by atoms with van der Waals surface area (Å²) in [5.74, 6) is -1.40. The van der Waals surface area contributed by atoms with E-state index in [-0.39, 0.29) is 0 Å². The van der Waals surface area contributed by atoms with Crippen LogP contribution in [0.25, 0.3) is 0 Å². The van der Waals surface area contributed by atoms with Crippen LogP contribution >= 0.6 is 10.5 Å². The number of ketones is 1. The Balaban J connectivity index is 3.18. The minimum atomic E-state index is -5.51. The quantitative estimate of drug-likeness (QED) is 0.736. The molecule has 0 aliphatic heterocycles. The zero-order chi connectivity index (χ0) is 14.8. The summed E-state index contributed by atoms with van der Waals surface area (Å²) in [6, 6.07) is 0. The molecule has 0 unspecified atom stereocenters. The van der Waals surface area contributed by atoms with Crippen molar-refractivity contribution in [3.8, 4) is 0 Å². The van der Waals surface area contributed by atoms with Crippen LogP contribution in [0.15, 0.2) is 0 Å². The van der Waals surface area contributed by atoms with Gasteiger partial charge < -0.3 is 0 Å². The van der Waals surface area contributed by atoms with E-state index in [0.717, 1.165) is 19.3 Å². The molecule has 112 valence electrons. The van der Waals surface area contributed by atoms with Crippen molar-refractivity contribution in [3.63, 3.8) is 0 Å². The Morgan fingerprint density at radius 3 is 1.95 bits per heavy atom. The highest BCUT2D eigenvalue weighted by molar-refractivity contribution is 8.32. The Kier molecular flexibility index (Phi) is 5.22. The van der Waals surface area contributed by atoms with Gasteiger partial charge in [-0.25, -0.2) is 8.42 Å². The molecule has 1 saturated carbocycles. The van der Waals surface area contributed by atoms with Gasteiger partial charge in [-0.2, -0.15) is 23.7 Å². The molecule has 8 heteroatoms. The molecule has 3 nitrogen and oxygen atoms in total. The molecule has 0 radical (unpaired) electrons. The van der Waals surface area contributed by atoms with Gasteiger partial charge in [0, 0.05) is 5.92 Å². The Bertz CT molecular complexity index is 482. The van der Waals surface area contributed by atoms with E-state index in [1.54, 1.807) is 0 Å². The zero-order valence-electron chi connectivity index (χ0n) is 10.8. The lowest BCUT2D eigenvalue weighted by atomic mass is 9.87. The highest BCUT2D eigenvalue weighted by Gasteiger charge is 2.51. The fourth-order valence-corrected chi connectivity index (χ4v) is 5.44. The largest absolute Gasteiger partial charge is 0.502 e. The number of halogens is 3. The maximum atomic E-state index is 12.6. The van der Waals surface area contributed by atoms with Crippen molar-refractivity contribution in [2.75, 3.05) is 12.5 Å². The van der Waals surface area contributed by atoms with Gasteiger partial charge in [0.2, 0.25) is 0 Å². The average Bonchev–Trinajstić information content (AvgIpc) is 2.27. The van der Waals surface area contributed by atoms with Crippen molar-refractivity contribution in [2.45, 2.75) is 37.6 Å². The molecule has 1 rings (SSSR count). The third-order valence-corrected chi connectivity index (χ3v) is 7.00. The lowest BCUT2D eigenvalue weighted by Gasteiger charge is -2.22. The lowest BCUT2D eigenvalue weighted by molar-refractivity contribution is -0.117. The monoisotopic (exact) mass is 318 g/mol. The number of alkyl halides is 3. The van der Waals surface area contributed by atoms with Crippen LogP contribution in [0, 0.1) is 5.92 Å². The highest BCUT2D eigenvalue weighted by atomic mass is 32.3. The SMILES string of the molecule is CS(C)=C(C(=O)C1CCCCC1)S(=O)(=O)C(F)(F)F. The van der Waals surface area contributed by atoms with Crippen LogP contribution in [0.4, 0.5) is 13.2 Å². The first-order valence-electron chi connectivity index (χ1n) is 5.89. The van der Waals surface area contributed by atoms with Crippen LogP contribution in [0.5, 0.6) is 0 Å². The highest BCUT2D eigenvalue weighted by Crippen LogP contribution is 2.32. The minimum Gasteiger partial charge on any atom is -0.293 e. The molecule has 0 bridgehead atoms. The van der Waals surface area contributed by atoms with Gasteiger partial charge >= 0.3 is 5.51 Å². The Labute approximate surface area is 113 Å². The number of carbonyl (C=O) groups excluding carboxylic acids is 1. The topological polar surface area (TPSA) is 51.2 Å². The summed E-state index contributed by atoms with van der Waals surface area (Å²) < 4.78 is 59.9. The van der Waals surface area contributed by atoms with Gasteiger partial charge in [-0.05, 0) is 25.4 Å². The van der Waals surface area contributed by atoms with Crippen LogP contribution in [0.2, 0.25) is 0 Å². The second-order valence-electron chi connectivity index (χ2n) is 4.75. The molecule has 0 aromatic rings. The summed E-state index contributed by atoms with van der Waals surface area (Å²) in [6.45, 7) is 0. The van der Waals surface area contributed by atoms with Gasteiger partial charge in [-0.3, -0.25) is 4.79 Å². The fraction of sp³-hybridized carbons (Fsp3) is 0.818. The van der Waals surface area contributed by atoms with E-state index in [2.05, 4.69) is 0 Å². The van der Waals surface area contributed by atoms with Gasteiger partial charge in [0.25, 0.3) is 9.84 Å². The normalized spacial score (nSPS) is 18.6. The van der Waals surface area contributed by atoms with E-state index in [4.69, 9.17) is 0 Å². The summed E-state index contributed by atoms with van der Waals surface area (Å²) in [5, 5.41) is 0. The smallest absolute Gasteiger partial charge is 0.293 e.